The average Bonchev–Trinajstić information content (AvgIpc) is 3.10. The number of nitrogens with one attached hydrogen (secondary N) is 2. The monoisotopic (exact) mass is 389 g/mol. The zero-order valence-electron chi connectivity index (χ0n) is 17.7. The number of nitrogens with zero attached hydrogens (tertiary/aromatic N) is 3. The molecule has 156 valence electrons. The van der Waals surface area contributed by atoms with Gasteiger partial charge in [0.05, 0.1) is 19.7 Å². The molecule has 0 spiro atoms. The van der Waals surface area contributed by atoms with Gasteiger partial charge >= 0.3 is 0 Å². The molecule has 1 atom stereocenters. The van der Waals surface area contributed by atoms with Crippen LogP contribution in [-0.4, -0.2) is 75.6 Å². The standard InChI is InChI=1S/C21H35N5O2/c1-5-22-21(23-13-9-15-26-14-8-12-20(26)27)24-16-18(25(2)3)17-10-6-7-11-19(17)28-4/h6-7,10-11,18H,5,8-9,12-16H2,1-4H3,(H2,22,23,24). The van der Waals surface area contributed by atoms with Crippen molar-refractivity contribution in [2.24, 2.45) is 4.99 Å². The number of benzene rings is 1. The largest absolute Gasteiger partial charge is 0.496 e. The molecule has 1 aliphatic heterocycles. The second-order valence-corrected chi connectivity index (χ2v) is 7.21. The van der Waals surface area contributed by atoms with E-state index in [4.69, 9.17) is 9.73 Å². The number of likely N-dealkylation sites (tertiary alicyclic amines) is 1. The molecule has 0 saturated carbocycles. The molecular formula is C21H35N5O2. The minimum absolute atomic E-state index is 0.119. The van der Waals surface area contributed by atoms with E-state index in [9.17, 15) is 4.79 Å². The molecule has 1 fully saturated rings. The number of likely N-dealkylation sites (N-methyl/N-ethyl adjacent to an activating group) is 1. The van der Waals surface area contributed by atoms with Crippen molar-refractivity contribution >= 4 is 11.9 Å². The highest BCUT2D eigenvalue weighted by atomic mass is 16.5. The Labute approximate surface area is 169 Å². The first kappa shape index (κ1) is 22.0. The van der Waals surface area contributed by atoms with Gasteiger partial charge in [-0.25, -0.2) is 0 Å². The maximum atomic E-state index is 11.7. The van der Waals surface area contributed by atoms with Gasteiger partial charge in [-0.3, -0.25) is 9.79 Å². The van der Waals surface area contributed by atoms with Gasteiger partial charge in [0.1, 0.15) is 5.75 Å². The van der Waals surface area contributed by atoms with Crippen LogP contribution in [0.3, 0.4) is 0 Å². The number of hydrogen-bond donors (Lipinski definition) is 2. The molecule has 1 saturated heterocycles. The summed E-state index contributed by atoms with van der Waals surface area (Å²) < 4.78 is 5.53. The van der Waals surface area contributed by atoms with Crippen LogP contribution in [0.25, 0.3) is 0 Å². The number of methoxy groups -OCH3 is 1. The molecule has 1 aromatic carbocycles. The lowest BCUT2D eigenvalue weighted by Gasteiger charge is -2.25. The third-order valence-electron chi connectivity index (χ3n) is 4.96. The molecule has 1 heterocycles. The Morgan fingerprint density at radius 3 is 2.75 bits per heavy atom. The van der Waals surface area contributed by atoms with Gasteiger partial charge in [-0.05, 0) is 39.9 Å². The van der Waals surface area contributed by atoms with Crippen molar-refractivity contribution in [3.63, 3.8) is 0 Å². The van der Waals surface area contributed by atoms with Gasteiger partial charge in [0.25, 0.3) is 0 Å². The molecule has 2 N–H and O–H groups in total. The smallest absolute Gasteiger partial charge is 0.222 e. The predicted molar refractivity (Wildman–Crippen MR) is 114 cm³/mol. The van der Waals surface area contributed by atoms with Crippen LogP contribution in [-0.2, 0) is 4.79 Å². The maximum absolute atomic E-state index is 11.7. The summed E-state index contributed by atoms with van der Waals surface area (Å²) in [5.74, 6) is 1.97. The van der Waals surface area contributed by atoms with E-state index in [1.54, 1.807) is 7.11 Å². The van der Waals surface area contributed by atoms with Crippen LogP contribution >= 0.6 is 0 Å². The lowest BCUT2D eigenvalue weighted by atomic mass is 10.0. The number of guanidine groups is 1. The highest BCUT2D eigenvalue weighted by Gasteiger charge is 2.19. The summed E-state index contributed by atoms with van der Waals surface area (Å²) in [6, 6.07) is 8.20. The molecule has 1 amide bonds. The van der Waals surface area contributed by atoms with E-state index >= 15 is 0 Å². The van der Waals surface area contributed by atoms with Crippen LogP contribution in [0.5, 0.6) is 5.75 Å². The first-order valence-electron chi connectivity index (χ1n) is 10.2. The second kappa shape index (κ2) is 11.5. The van der Waals surface area contributed by atoms with E-state index in [0.29, 0.717) is 13.0 Å². The normalized spacial score (nSPS) is 15.8. The highest BCUT2D eigenvalue weighted by Crippen LogP contribution is 2.28. The maximum Gasteiger partial charge on any atom is 0.222 e. The molecule has 1 aromatic rings. The Morgan fingerprint density at radius 1 is 1.32 bits per heavy atom. The fourth-order valence-corrected chi connectivity index (χ4v) is 3.42. The van der Waals surface area contributed by atoms with Crippen LogP contribution < -0.4 is 15.4 Å². The van der Waals surface area contributed by atoms with Crippen LogP contribution in [0.2, 0.25) is 0 Å². The van der Waals surface area contributed by atoms with E-state index in [1.165, 1.54) is 0 Å². The lowest BCUT2D eigenvalue weighted by molar-refractivity contribution is -0.127. The summed E-state index contributed by atoms with van der Waals surface area (Å²) in [4.78, 5) is 20.6. The van der Waals surface area contributed by atoms with E-state index < -0.39 is 0 Å². The number of amides is 1. The van der Waals surface area contributed by atoms with Crippen molar-refractivity contribution in [3.8, 4) is 5.75 Å². The molecule has 7 heteroatoms. The number of ether oxygens (including phenoxy) is 1. The highest BCUT2D eigenvalue weighted by molar-refractivity contribution is 5.80. The second-order valence-electron chi connectivity index (χ2n) is 7.21. The summed E-state index contributed by atoms with van der Waals surface area (Å²) >= 11 is 0. The minimum Gasteiger partial charge on any atom is -0.496 e. The summed E-state index contributed by atoms with van der Waals surface area (Å²) in [6.07, 6.45) is 2.61. The molecule has 0 aliphatic carbocycles. The van der Waals surface area contributed by atoms with E-state index in [-0.39, 0.29) is 11.9 Å². The molecule has 1 aliphatic rings. The molecule has 0 aromatic heterocycles. The van der Waals surface area contributed by atoms with Gasteiger partial charge < -0.3 is 25.2 Å². The Bertz CT molecular complexity index is 647. The van der Waals surface area contributed by atoms with Crippen molar-refractivity contribution in [1.29, 1.82) is 0 Å². The van der Waals surface area contributed by atoms with Crippen molar-refractivity contribution in [1.82, 2.24) is 20.4 Å². The summed E-state index contributed by atoms with van der Waals surface area (Å²) in [6.45, 7) is 5.98. The first-order chi connectivity index (χ1) is 13.6. The van der Waals surface area contributed by atoms with Crippen LogP contribution in [0.15, 0.2) is 29.3 Å². The lowest BCUT2D eigenvalue weighted by Crippen LogP contribution is -2.39. The minimum atomic E-state index is 0.119. The Hall–Kier alpha value is -2.28. The number of hydrogen-bond acceptors (Lipinski definition) is 4. The third kappa shape index (κ3) is 6.41. The molecule has 0 bridgehead atoms. The van der Waals surface area contributed by atoms with Gasteiger partial charge in [-0.2, -0.15) is 0 Å². The van der Waals surface area contributed by atoms with Gasteiger partial charge in [0, 0.05) is 38.2 Å². The van der Waals surface area contributed by atoms with Crippen LogP contribution in [0.4, 0.5) is 0 Å². The van der Waals surface area contributed by atoms with Gasteiger partial charge in [-0.15, -0.1) is 0 Å². The quantitative estimate of drug-likeness (QED) is 0.363. The van der Waals surface area contributed by atoms with Crippen molar-refractivity contribution < 1.29 is 9.53 Å². The van der Waals surface area contributed by atoms with E-state index in [0.717, 1.165) is 56.3 Å². The number of aliphatic imine (C=N–C) groups is 1. The summed E-state index contributed by atoms with van der Waals surface area (Å²) in [5.41, 5.74) is 1.13. The number of carbonyl (C=O) groups excluding carboxylic acids is 1. The summed E-state index contributed by atoms with van der Waals surface area (Å²) in [7, 11) is 5.81. The fraction of sp³-hybridized carbons (Fsp3) is 0.619. The van der Waals surface area contributed by atoms with Gasteiger partial charge in [-0.1, -0.05) is 18.2 Å². The van der Waals surface area contributed by atoms with E-state index in [1.807, 2.05) is 23.1 Å². The molecular weight excluding hydrogens is 354 g/mol. The van der Waals surface area contributed by atoms with Crippen LogP contribution in [0.1, 0.15) is 37.8 Å². The first-order valence-corrected chi connectivity index (χ1v) is 10.2. The van der Waals surface area contributed by atoms with Gasteiger partial charge in [0.2, 0.25) is 5.91 Å². The zero-order chi connectivity index (χ0) is 20.4. The Kier molecular flexibility index (Phi) is 9.07. The molecule has 1 unspecified atom stereocenters. The third-order valence-corrected chi connectivity index (χ3v) is 4.96. The van der Waals surface area contributed by atoms with Crippen molar-refractivity contribution in [3.05, 3.63) is 29.8 Å². The average molecular weight is 390 g/mol. The van der Waals surface area contributed by atoms with Crippen LogP contribution in [0, 0.1) is 0 Å². The topological polar surface area (TPSA) is 69.2 Å². The molecule has 28 heavy (non-hydrogen) atoms. The zero-order valence-corrected chi connectivity index (χ0v) is 17.7. The molecule has 7 nitrogen and oxygen atoms in total. The number of para-hydroxylation sites is 1. The Morgan fingerprint density at radius 2 is 2.11 bits per heavy atom. The molecule has 2 rings (SSSR count). The van der Waals surface area contributed by atoms with Crippen molar-refractivity contribution in [2.75, 3.05) is 53.9 Å². The SMILES string of the molecule is CCNC(=NCC(c1ccccc1OC)N(C)C)NCCCN1CCCC1=O. The van der Waals surface area contributed by atoms with Crippen molar-refractivity contribution in [2.45, 2.75) is 32.2 Å². The molecule has 0 radical (unpaired) electrons. The fourth-order valence-electron chi connectivity index (χ4n) is 3.42. The summed E-state index contributed by atoms with van der Waals surface area (Å²) in [5, 5.41) is 6.69. The predicted octanol–water partition coefficient (Wildman–Crippen LogP) is 1.87. The number of rotatable bonds is 10. The van der Waals surface area contributed by atoms with E-state index in [2.05, 4.69) is 42.6 Å². The Balaban J connectivity index is 1.93. The number of carbonyl (C=O) groups is 1. The van der Waals surface area contributed by atoms with Gasteiger partial charge in [0.15, 0.2) is 5.96 Å².